The fourth-order valence-corrected chi connectivity index (χ4v) is 3.99. The normalized spacial score (nSPS) is 12.7. The standard InChI is InChI=1S/C26H28F3N3O4S/c1-4-18-15-30-24(31-16-18)32(17-20-7-11-22(12-8-20)37(35)26(27,28)29)14-13-19-5-9-21(10-6-19)36-25(2,3)23(33)34/h5-12,15-16H,4,13-14,17H2,1-3H3,(H,33,34). The third kappa shape index (κ3) is 7.75. The number of carbonyl (C=O) groups is 1. The zero-order valence-electron chi connectivity index (χ0n) is 20.7. The molecule has 1 atom stereocenters. The van der Waals surface area contributed by atoms with Gasteiger partial charge in [-0.3, -0.25) is 0 Å². The molecule has 0 fully saturated rings. The van der Waals surface area contributed by atoms with Crippen molar-refractivity contribution < 1.29 is 32.0 Å². The molecule has 0 aliphatic heterocycles. The number of carboxylic acids is 1. The fourth-order valence-electron chi connectivity index (χ4n) is 3.34. The topological polar surface area (TPSA) is 92.6 Å². The minimum Gasteiger partial charge on any atom is -0.478 e. The van der Waals surface area contributed by atoms with E-state index >= 15 is 0 Å². The minimum atomic E-state index is -4.81. The van der Waals surface area contributed by atoms with Crippen LogP contribution in [0, 0.1) is 0 Å². The number of anilines is 1. The van der Waals surface area contributed by atoms with Gasteiger partial charge in [0.25, 0.3) is 0 Å². The molecule has 1 N–H and O–H groups in total. The highest BCUT2D eigenvalue weighted by atomic mass is 32.2. The van der Waals surface area contributed by atoms with E-state index in [1.807, 2.05) is 24.0 Å². The third-order valence-corrected chi connectivity index (χ3v) is 6.71. The van der Waals surface area contributed by atoms with Gasteiger partial charge in [-0.1, -0.05) is 31.2 Å². The molecule has 3 aromatic rings. The monoisotopic (exact) mass is 535 g/mol. The molecule has 2 aromatic carbocycles. The Morgan fingerprint density at radius 2 is 1.54 bits per heavy atom. The number of alkyl halides is 3. The summed E-state index contributed by atoms with van der Waals surface area (Å²) in [7, 11) is -3.08. The van der Waals surface area contributed by atoms with Crippen LogP contribution in [0.3, 0.4) is 0 Å². The molecular weight excluding hydrogens is 507 g/mol. The molecule has 0 spiro atoms. The fraction of sp³-hybridized carbons (Fsp3) is 0.346. The van der Waals surface area contributed by atoms with Gasteiger partial charge in [-0.2, -0.15) is 13.2 Å². The van der Waals surface area contributed by atoms with E-state index < -0.39 is 27.9 Å². The van der Waals surface area contributed by atoms with Gasteiger partial charge >= 0.3 is 11.5 Å². The molecule has 0 saturated carbocycles. The summed E-state index contributed by atoms with van der Waals surface area (Å²) in [6.07, 6.45) is 4.85. The molecule has 0 radical (unpaired) electrons. The molecule has 0 aliphatic carbocycles. The second-order valence-electron chi connectivity index (χ2n) is 8.84. The Hall–Kier alpha value is -3.47. The summed E-state index contributed by atoms with van der Waals surface area (Å²) < 4.78 is 55.4. The van der Waals surface area contributed by atoms with Gasteiger partial charge in [0.15, 0.2) is 16.4 Å². The summed E-state index contributed by atoms with van der Waals surface area (Å²) in [6.45, 7) is 5.77. The molecule has 37 heavy (non-hydrogen) atoms. The van der Waals surface area contributed by atoms with Crippen LogP contribution in [0.25, 0.3) is 0 Å². The first kappa shape index (κ1) is 28.1. The van der Waals surface area contributed by atoms with Gasteiger partial charge in [-0.05, 0) is 67.6 Å². The zero-order chi connectivity index (χ0) is 27.2. The maximum atomic E-state index is 12.8. The van der Waals surface area contributed by atoms with E-state index in [1.54, 1.807) is 24.5 Å². The van der Waals surface area contributed by atoms with Crippen LogP contribution in [-0.2, 0) is 35.0 Å². The summed E-state index contributed by atoms with van der Waals surface area (Å²) in [5.74, 6) is -0.162. The number of rotatable bonds is 11. The van der Waals surface area contributed by atoms with Gasteiger partial charge in [-0.15, -0.1) is 0 Å². The first-order chi connectivity index (χ1) is 17.4. The summed E-state index contributed by atoms with van der Waals surface area (Å²) in [5.41, 5.74) is -3.52. The average molecular weight is 536 g/mol. The predicted molar refractivity (Wildman–Crippen MR) is 134 cm³/mol. The van der Waals surface area contributed by atoms with Gasteiger partial charge < -0.3 is 14.7 Å². The third-order valence-electron chi connectivity index (χ3n) is 5.59. The van der Waals surface area contributed by atoms with Gasteiger partial charge in [0.2, 0.25) is 5.95 Å². The molecule has 0 amide bonds. The number of benzene rings is 2. The molecule has 11 heteroatoms. The molecular formula is C26H28F3N3O4S. The molecule has 1 heterocycles. The number of aliphatic carboxylic acids is 1. The largest absolute Gasteiger partial charge is 0.478 e. The molecule has 198 valence electrons. The Bertz CT molecular complexity index is 1220. The number of aromatic nitrogens is 2. The van der Waals surface area contributed by atoms with Crippen molar-refractivity contribution in [2.45, 2.75) is 56.2 Å². The van der Waals surface area contributed by atoms with E-state index in [2.05, 4.69) is 9.97 Å². The van der Waals surface area contributed by atoms with Crippen molar-refractivity contribution in [3.63, 3.8) is 0 Å². The number of ether oxygens (including phenoxy) is 1. The highest BCUT2D eigenvalue weighted by Gasteiger charge is 2.37. The quantitative estimate of drug-likeness (QED) is 0.363. The van der Waals surface area contributed by atoms with Crippen LogP contribution < -0.4 is 9.64 Å². The van der Waals surface area contributed by atoms with Crippen LogP contribution in [0.4, 0.5) is 19.1 Å². The molecule has 3 rings (SSSR count). The minimum absolute atomic E-state index is 0.306. The van der Waals surface area contributed by atoms with Crippen molar-refractivity contribution in [3.8, 4) is 5.75 Å². The first-order valence-corrected chi connectivity index (χ1v) is 12.7. The van der Waals surface area contributed by atoms with Crippen LogP contribution in [0.1, 0.15) is 37.5 Å². The van der Waals surface area contributed by atoms with E-state index in [0.29, 0.717) is 36.8 Å². The highest BCUT2D eigenvalue weighted by Crippen LogP contribution is 2.27. The lowest BCUT2D eigenvalue weighted by atomic mass is 10.1. The van der Waals surface area contributed by atoms with Crippen LogP contribution in [0.15, 0.2) is 65.8 Å². The lowest BCUT2D eigenvalue weighted by Crippen LogP contribution is -2.37. The number of carboxylic acid groups (broad SMARTS) is 1. The van der Waals surface area contributed by atoms with Gasteiger partial charge in [0.1, 0.15) is 5.75 Å². The Morgan fingerprint density at radius 3 is 2.05 bits per heavy atom. The van der Waals surface area contributed by atoms with Crippen molar-refractivity contribution >= 4 is 22.7 Å². The van der Waals surface area contributed by atoms with Crippen molar-refractivity contribution in [2.75, 3.05) is 11.4 Å². The number of halogens is 3. The van der Waals surface area contributed by atoms with E-state index in [0.717, 1.165) is 17.5 Å². The second-order valence-corrected chi connectivity index (χ2v) is 10.3. The zero-order valence-corrected chi connectivity index (χ0v) is 21.5. The maximum Gasteiger partial charge on any atom is 0.475 e. The Balaban J connectivity index is 1.74. The number of hydrogen-bond donors (Lipinski definition) is 1. The van der Waals surface area contributed by atoms with Crippen LogP contribution in [-0.4, -0.2) is 42.9 Å². The number of hydrogen-bond acceptors (Lipinski definition) is 6. The van der Waals surface area contributed by atoms with Crippen LogP contribution in [0.5, 0.6) is 5.75 Å². The van der Waals surface area contributed by atoms with E-state index in [9.17, 15) is 27.3 Å². The smallest absolute Gasteiger partial charge is 0.475 e. The Kier molecular flexibility index (Phi) is 8.90. The molecule has 0 bridgehead atoms. The van der Waals surface area contributed by atoms with Crippen molar-refractivity contribution in [1.82, 2.24) is 9.97 Å². The Morgan fingerprint density at radius 1 is 0.973 bits per heavy atom. The van der Waals surface area contributed by atoms with Gasteiger partial charge in [-0.25, -0.2) is 19.0 Å². The summed E-state index contributed by atoms with van der Waals surface area (Å²) in [5, 5.41) is 9.24. The molecule has 1 unspecified atom stereocenters. The highest BCUT2D eigenvalue weighted by molar-refractivity contribution is 7.86. The molecule has 7 nitrogen and oxygen atoms in total. The summed E-state index contributed by atoms with van der Waals surface area (Å²) >= 11 is 0. The molecule has 1 aromatic heterocycles. The first-order valence-electron chi connectivity index (χ1n) is 11.5. The maximum absolute atomic E-state index is 12.8. The van der Waals surface area contributed by atoms with E-state index in [1.165, 1.54) is 38.1 Å². The van der Waals surface area contributed by atoms with E-state index in [-0.39, 0.29) is 4.90 Å². The molecule has 0 aliphatic rings. The van der Waals surface area contributed by atoms with Crippen molar-refractivity contribution in [1.29, 1.82) is 0 Å². The lowest BCUT2D eigenvalue weighted by molar-refractivity contribution is -0.152. The summed E-state index contributed by atoms with van der Waals surface area (Å²) in [4.78, 5) is 21.8. The Labute approximate surface area is 215 Å². The van der Waals surface area contributed by atoms with Crippen LogP contribution in [0.2, 0.25) is 0 Å². The summed E-state index contributed by atoms with van der Waals surface area (Å²) in [6, 6.07) is 12.6. The van der Waals surface area contributed by atoms with Gasteiger partial charge in [0, 0.05) is 30.4 Å². The van der Waals surface area contributed by atoms with Crippen LogP contribution >= 0.6 is 0 Å². The predicted octanol–water partition coefficient (Wildman–Crippen LogP) is 5.16. The van der Waals surface area contributed by atoms with E-state index in [4.69, 9.17) is 4.74 Å². The second kappa shape index (κ2) is 11.7. The van der Waals surface area contributed by atoms with Gasteiger partial charge in [0.05, 0.1) is 0 Å². The average Bonchev–Trinajstić information content (AvgIpc) is 2.86. The van der Waals surface area contributed by atoms with Crippen molar-refractivity contribution in [3.05, 3.63) is 77.6 Å². The van der Waals surface area contributed by atoms with Crippen molar-refractivity contribution in [2.24, 2.45) is 0 Å². The molecule has 0 saturated heterocycles. The number of nitrogens with zero attached hydrogens (tertiary/aromatic N) is 3. The SMILES string of the molecule is CCc1cnc(N(CCc2ccc(OC(C)(C)C(=O)O)cc2)Cc2ccc(S(=O)C(F)(F)F)cc2)nc1. The number of aryl methyl sites for hydroxylation is 1. The lowest BCUT2D eigenvalue weighted by Gasteiger charge is -2.23.